The average Bonchev–Trinajstić information content (AvgIpc) is 2.68. The second-order valence-electron chi connectivity index (χ2n) is 6.68. The zero-order valence-corrected chi connectivity index (χ0v) is 16.5. The van der Waals surface area contributed by atoms with Gasteiger partial charge in [-0.15, -0.1) is 0 Å². The van der Waals surface area contributed by atoms with Crippen LogP contribution in [0.1, 0.15) is 29.3 Å². The van der Waals surface area contributed by atoms with Crippen LogP contribution in [0, 0.1) is 5.95 Å². The van der Waals surface area contributed by atoms with Crippen molar-refractivity contribution in [2.45, 2.75) is 25.6 Å². The van der Waals surface area contributed by atoms with Gasteiger partial charge in [0.2, 0.25) is 5.95 Å². The third kappa shape index (κ3) is 4.05. The van der Waals surface area contributed by atoms with E-state index in [1.165, 1.54) is 23.1 Å². The van der Waals surface area contributed by atoms with Crippen molar-refractivity contribution in [3.05, 3.63) is 69.9 Å². The van der Waals surface area contributed by atoms with Gasteiger partial charge in [0.25, 0.3) is 5.91 Å². The molecule has 2 heterocycles. The van der Waals surface area contributed by atoms with Crippen molar-refractivity contribution < 1.29 is 22.4 Å². The molecule has 0 aliphatic carbocycles. The fourth-order valence-electron chi connectivity index (χ4n) is 3.25. The topological polar surface area (TPSA) is 88.5 Å². The minimum atomic E-state index is -4.69. The number of halogens is 5. The Kier molecular flexibility index (Phi) is 5.91. The molecule has 0 bridgehead atoms. The quantitative estimate of drug-likeness (QED) is 0.327. The Bertz CT molecular complexity index is 1010. The second-order valence-corrected chi connectivity index (χ2v) is 7.06. The molecule has 1 unspecified atom stereocenters. The molecule has 0 radical (unpaired) electrons. The Hall–Kier alpha value is -2.85. The molecule has 1 amide bonds. The molecule has 30 heavy (non-hydrogen) atoms. The highest BCUT2D eigenvalue weighted by Gasteiger charge is 2.37. The molecular formula is C19H18ClF4N5O. The normalized spacial score (nSPS) is 17.3. The number of carbonyl (C=O) groups is 1. The van der Waals surface area contributed by atoms with Crippen molar-refractivity contribution in [1.82, 2.24) is 9.88 Å². The van der Waals surface area contributed by atoms with E-state index in [2.05, 4.69) is 4.98 Å². The maximum absolute atomic E-state index is 13.4. The van der Waals surface area contributed by atoms with Crippen LogP contribution in [0.5, 0.6) is 0 Å². The average molecular weight is 444 g/mol. The Morgan fingerprint density at radius 1 is 1.27 bits per heavy atom. The molecule has 4 N–H and O–H groups in total. The molecule has 11 heteroatoms. The zero-order valence-electron chi connectivity index (χ0n) is 15.8. The largest absolute Gasteiger partial charge is 0.417 e. The summed E-state index contributed by atoms with van der Waals surface area (Å²) in [6.45, 7) is 1.73. The lowest BCUT2D eigenvalue weighted by atomic mass is 10.0. The predicted molar refractivity (Wildman–Crippen MR) is 104 cm³/mol. The first kappa shape index (κ1) is 21.8. The molecule has 2 aromatic rings. The molecule has 3 rings (SSSR count). The second kappa shape index (κ2) is 8.11. The van der Waals surface area contributed by atoms with Crippen LogP contribution in [0.4, 0.5) is 23.4 Å². The van der Waals surface area contributed by atoms with Crippen LogP contribution in [0.25, 0.3) is 0 Å². The summed E-state index contributed by atoms with van der Waals surface area (Å²) in [6, 6.07) is 6.57. The van der Waals surface area contributed by atoms with Crippen LogP contribution in [-0.2, 0) is 6.18 Å². The number of anilines is 1. The van der Waals surface area contributed by atoms with Gasteiger partial charge in [-0.2, -0.15) is 17.6 Å². The summed E-state index contributed by atoms with van der Waals surface area (Å²) >= 11 is 5.88. The number of alkyl halides is 3. The molecule has 1 aromatic carbocycles. The van der Waals surface area contributed by atoms with Gasteiger partial charge in [0.1, 0.15) is 5.82 Å². The summed E-state index contributed by atoms with van der Waals surface area (Å²) in [5.74, 6) is 4.75. The smallest absolute Gasteiger partial charge is 0.399 e. The van der Waals surface area contributed by atoms with Crippen molar-refractivity contribution in [1.29, 1.82) is 0 Å². The Balaban J connectivity index is 1.90. The highest BCUT2D eigenvalue weighted by molar-refractivity contribution is 6.34. The molecule has 6 nitrogen and oxygen atoms in total. The number of hydrogen-bond acceptors (Lipinski definition) is 5. The van der Waals surface area contributed by atoms with Gasteiger partial charge in [0.05, 0.1) is 33.6 Å². The minimum Gasteiger partial charge on any atom is -0.399 e. The summed E-state index contributed by atoms with van der Waals surface area (Å²) in [4.78, 5) is 17.9. The van der Waals surface area contributed by atoms with Crippen LogP contribution in [0.15, 0.2) is 47.8 Å². The molecule has 0 saturated carbocycles. The van der Waals surface area contributed by atoms with Gasteiger partial charge in [-0.25, -0.2) is 10.8 Å². The number of carbonyl (C=O) groups excluding carboxylic acids is 1. The first-order valence-corrected chi connectivity index (χ1v) is 9.22. The van der Waals surface area contributed by atoms with Gasteiger partial charge >= 0.3 is 6.18 Å². The van der Waals surface area contributed by atoms with Gasteiger partial charge < -0.3 is 10.6 Å². The number of hydrogen-bond donors (Lipinski definition) is 2. The Morgan fingerprint density at radius 3 is 2.57 bits per heavy atom. The van der Waals surface area contributed by atoms with Crippen molar-refractivity contribution in [2.75, 3.05) is 11.6 Å². The van der Waals surface area contributed by atoms with E-state index in [9.17, 15) is 22.4 Å². The van der Waals surface area contributed by atoms with Gasteiger partial charge in [0, 0.05) is 13.0 Å². The van der Waals surface area contributed by atoms with Gasteiger partial charge in [0.15, 0.2) is 0 Å². The van der Waals surface area contributed by atoms with E-state index in [4.69, 9.17) is 23.2 Å². The summed E-state index contributed by atoms with van der Waals surface area (Å²) < 4.78 is 52.7. The number of aromatic nitrogens is 1. The summed E-state index contributed by atoms with van der Waals surface area (Å²) in [6.07, 6.45) is -4.50. The van der Waals surface area contributed by atoms with E-state index in [0.717, 1.165) is 23.2 Å². The van der Waals surface area contributed by atoms with Crippen molar-refractivity contribution in [3.8, 4) is 0 Å². The van der Waals surface area contributed by atoms with Crippen LogP contribution >= 0.6 is 11.6 Å². The highest BCUT2D eigenvalue weighted by atomic mass is 35.5. The first-order chi connectivity index (χ1) is 14.0. The van der Waals surface area contributed by atoms with Gasteiger partial charge in [-0.3, -0.25) is 9.80 Å². The maximum Gasteiger partial charge on any atom is 0.417 e. The summed E-state index contributed by atoms with van der Waals surface area (Å²) in [5.41, 5.74) is 5.46. The van der Waals surface area contributed by atoms with E-state index in [1.807, 2.05) is 0 Å². The minimum absolute atomic E-state index is 0.117. The lowest BCUT2D eigenvalue weighted by molar-refractivity contribution is -0.137. The molecule has 1 aliphatic rings. The van der Waals surface area contributed by atoms with Gasteiger partial charge in [-0.1, -0.05) is 23.7 Å². The number of nitrogens with two attached hydrogens (primary N) is 2. The third-order valence-electron chi connectivity index (χ3n) is 4.87. The van der Waals surface area contributed by atoms with Crippen LogP contribution in [0.2, 0.25) is 5.02 Å². The lowest BCUT2D eigenvalue weighted by Crippen LogP contribution is -2.49. The standard InChI is InChI=1S/C19H18ClF4N5O/c1-10-17(25)13(29(26)15-7-3-6-14(21)27-15)8-9-28(10)18(30)11-4-2-5-12(16(11)20)19(22,23)24/h2-7,10H,8-9,25-26H2,1H3. The van der Waals surface area contributed by atoms with Crippen molar-refractivity contribution in [2.24, 2.45) is 11.6 Å². The van der Waals surface area contributed by atoms with Gasteiger partial charge in [-0.05, 0) is 31.2 Å². The predicted octanol–water partition coefficient (Wildman–Crippen LogP) is 3.68. The Morgan fingerprint density at radius 2 is 1.93 bits per heavy atom. The molecule has 1 aromatic heterocycles. The lowest BCUT2D eigenvalue weighted by Gasteiger charge is -2.38. The molecule has 0 fully saturated rings. The SMILES string of the molecule is CC1C(N)=C(N(N)c2cccc(F)n2)CCN1C(=O)c1cccc(C(F)(F)F)c1Cl. The Labute approximate surface area is 174 Å². The summed E-state index contributed by atoms with van der Waals surface area (Å²) in [5, 5.41) is 0.466. The van der Waals surface area contributed by atoms with Crippen molar-refractivity contribution in [3.63, 3.8) is 0 Å². The zero-order chi connectivity index (χ0) is 22.2. The first-order valence-electron chi connectivity index (χ1n) is 8.85. The fraction of sp³-hybridized carbons (Fsp3) is 0.263. The van der Waals surface area contributed by atoms with Crippen LogP contribution in [-0.4, -0.2) is 28.4 Å². The molecule has 160 valence electrons. The molecule has 1 aliphatic heterocycles. The molecule has 1 atom stereocenters. The fourth-order valence-corrected chi connectivity index (χ4v) is 3.57. The molecular weight excluding hydrogens is 426 g/mol. The highest BCUT2D eigenvalue weighted by Crippen LogP contribution is 2.37. The van der Waals surface area contributed by atoms with Crippen molar-refractivity contribution >= 4 is 23.3 Å². The monoisotopic (exact) mass is 443 g/mol. The third-order valence-corrected chi connectivity index (χ3v) is 5.28. The van der Waals surface area contributed by atoms with Crippen LogP contribution in [0.3, 0.4) is 0 Å². The number of rotatable bonds is 3. The number of hydrazine groups is 1. The number of nitrogens with zero attached hydrogens (tertiary/aromatic N) is 3. The maximum atomic E-state index is 13.4. The van der Waals surface area contributed by atoms with E-state index in [-0.39, 0.29) is 30.0 Å². The summed E-state index contributed by atoms with van der Waals surface area (Å²) in [7, 11) is 0. The molecule has 0 saturated heterocycles. The van der Waals surface area contributed by atoms with E-state index in [1.54, 1.807) is 6.92 Å². The van der Waals surface area contributed by atoms with Crippen LogP contribution < -0.4 is 16.6 Å². The number of amides is 1. The number of benzene rings is 1. The molecule has 0 spiro atoms. The number of pyridine rings is 1. The van der Waals surface area contributed by atoms with E-state index in [0.29, 0.717) is 5.70 Å². The van der Waals surface area contributed by atoms with E-state index >= 15 is 0 Å². The van der Waals surface area contributed by atoms with E-state index < -0.39 is 34.7 Å².